The monoisotopic (exact) mass is 615 g/mol. The number of anilines is 3. The number of nitrogens with zero attached hydrogens (tertiary/aromatic N) is 1. The molecule has 0 aliphatic heterocycles. The van der Waals surface area contributed by atoms with E-state index >= 15 is 0 Å². The zero-order chi connectivity index (χ0) is 32.4. The van der Waals surface area contributed by atoms with Gasteiger partial charge in [0.1, 0.15) is 0 Å². The van der Waals surface area contributed by atoms with E-state index in [9.17, 15) is 0 Å². The minimum atomic E-state index is -0.173. The molecule has 0 aromatic heterocycles. The predicted molar refractivity (Wildman–Crippen MR) is 202 cm³/mol. The Hall–Kier alpha value is -5.40. The molecule has 48 heavy (non-hydrogen) atoms. The molecule has 0 spiro atoms. The molecule has 0 saturated carbocycles. The Balaban J connectivity index is 1.37. The Morgan fingerprint density at radius 1 is 0.458 bits per heavy atom. The highest BCUT2D eigenvalue weighted by molar-refractivity contribution is 6.07. The zero-order valence-corrected chi connectivity index (χ0v) is 27.9. The number of rotatable bonds is 3. The van der Waals surface area contributed by atoms with Crippen LogP contribution in [0.15, 0.2) is 140 Å². The third-order valence-corrected chi connectivity index (χ3v) is 11.7. The van der Waals surface area contributed by atoms with E-state index in [1.54, 1.807) is 0 Å². The summed E-state index contributed by atoms with van der Waals surface area (Å²) < 4.78 is 0. The van der Waals surface area contributed by atoms with Gasteiger partial charge in [-0.15, -0.1) is 0 Å². The van der Waals surface area contributed by atoms with Crippen LogP contribution in [0.4, 0.5) is 17.1 Å². The largest absolute Gasteiger partial charge is 0.309 e. The van der Waals surface area contributed by atoms with Crippen LogP contribution in [0.2, 0.25) is 0 Å². The average Bonchev–Trinajstić information content (AvgIpc) is 3.70. The van der Waals surface area contributed by atoms with Gasteiger partial charge in [-0.3, -0.25) is 0 Å². The van der Waals surface area contributed by atoms with E-state index in [2.05, 4.69) is 172 Å². The van der Waals surface area contributed by atoms with Gasteiger partial charge in [-0.05, 0) is 91.0 Å². The topological polar surface area (TPSA) is 3.24 Å². The van der Waals surface area contributed by atoms with E-state index in [1.165, 1.54) is 94.6 Å². The van der Waals surface area contributed by atoms with Gasteiger partial charge in [0.05, 0.1) is 17.1 Å². The van der Waals surface area contributed by atoms with Gasteiger partial charge in [0.2, 0.25) is 0 Å². The molecule has 3 aliphatic rings. The molecule has 1 nitrogen and oxygen atoms in total. The molecule has 7 aromatic rings. The molecule has 1 heteroatoms. The Bertz CT molecular complexity index is 2490. The van der Waals surface area contributed by atoms with Gasteiger partial charge < -0.3 is 4.90 Å². The minimum absolute atomic E-state index is 0.0975. The van der Waals surface area contributed by atoms with Crippen molar-refractivity contribution in [2.75, 3.05) is 4.90 Å². The quantitative estimate of drug-likeness (QED) is 0.191. The van der Waals surface area contributed by atoms with Gasteiger partial charge in [0.25, 0.3) is 0 Å². The number of benzene rings is 7. The van der Waals surface area contributed by atoms with Crippen LogP contribution in [0.25, 0.3) is 44.2 Å². The minimum Gasteiger partial charge on any atom is -0.309 e. The van der Waals surface area contributed by atoms with Gasteiger partial charge in [0, 0.05) is 22.0 Å². The normalized spacial score (nSPS) is 15.3. The first-order valence-electron chi connectivity index (χ1n) is 17.3. The summed E-state index contributed by atoms with van der Waals surface area (Å²) in [5, 5.41) is 2.63. The van der Waals surface area contributed by atoms with Gasteiger partial charge in [-0.2, -0.15) is 0 Å². The zero-order valence-electron chi connectivity index (χ0n) is 27.9. The van der Waals surface area contributed by atoms with Crippen molar-refractivity contribution >= 4 is 27.8 Å². The molecule has 10 rings (SSSR count). The summed E-state index contributed by atoms with van der Waals surface area (Å²) in [5.41, 5.74) is 20.0. The predicted octanol–water partition coefficient (Wildman–Crippen LogP) is 12.5. The molecule has 0 saturated heterocycles. The van der Waals surface area contributed by atoms with Crippen molar-refractivity contribution in [2.45, 2.75) is 44.9 Å². The van der Waals surface area contributed by atoms with E-state index in [-0.39, 0.29) is 10.8 Å². The SMILES string of the molecule is CC1(C)c2ccccc2-c2c(N(c3cc4ccccc4c4c3-c3ccccc3C4)c3cccc4c3C(C)(C)c3ccccc3-4)cccc21. The first-order chi connectivity index (χ1) is 23.4. The second kappa shape index (κ2) is 9.58. The summed E-state index contributed by atoms with van der Waals surface area (Å²) in [6, 6.07) is 52.6. The van der Waals surface area contributed by atoms with Crippen molar-refractivity contribution in [2.24, 2.45) is 0 Å². The third-order valence-electron chi connectivity index (χ3n) is 11.7. The van der Waals surface area contributed by atoms with Crippen LogP contribution in [0.1, 0.15) is 61.1 Å². The molecule has 0 atom stereocenters. The van der Waals surface area contributed by atoms with E-state index in [4.69, 9.17) is 0 Å². The Morgan fingerprint density at radius 2 is 1.06 bits per heavy atom. The Morgan fingerprint density at radius 3 is 1.90 bits per heavy atom. The van der Waals surface area contributed by atoms with E-state index < -0.39 is 0 Å². The highest BCUT2D eigenvalue weighted by atomic mass is 15.2. The molecule has 0 fully saturated rings. The van der Waals surface area contributed by atoms with Crippen LogP contribution in [-0.2, 0) is 17.3 Å². The lowest BCUT2D eigenvalue weighted by Gasteiger charge is -2.35. The fourth-order valence-corrected chi connectivity index (χ4v) is 9.49. The van der Waals surface area contributed by atoms with Crippen LogP contribution in [0.5, 0.6) is 0 Å². The Labute approximate surface area is 283 Å². The van der Waals surface area contributed by atoms with Crippen LogP contribution < -0.4 is 4.90 Å². The molecular weight excluding hydrogens is 579 g/mol. The van der Waals surface area contributed by atoms with Crippen molar-refractivity contribution in [3.63, 3.8) is 0 Å². The molecule has 0 amide bonds. The lowest BCUT2D eigenvalue weighted by molar-refractivity contribution is 0.659. The van der Waals surface area contributed by atoms with E-state index in [0.717, 1.165) is 6.42 Å². The molecule has 0 N–H and O–H groups in total. The molecule has 0 heterocycles. The summed E-state index contributed by atoms with van der Waals surface area (Å²) in [5.74, 6) is 0. The molecular formula is C47H37N. The molecule has 3 aliphatic carbocycles. The highest BCUT2D eigenvalue weighted by Crippen LogP contribution is 2.60. The van der Waals surface area contributed by atoms with E-state index in [0.29, 0.717) is 0 Å². The number of fused-ring (bicyclic) bond motifs is 11. The second-order valence-electron chi connectivity index (χ2n) is 14.9. The maximum atomic E-state index is 2.65. The van der Waals surface area contributed by atoms with Crippen molar-refractivity contribution in [1.29, 1.82) is 0 Å². The fraction of sp³-hybridized carbons (Fsp3) is 0.149. The lowest BCUT2D eigenvalue weighted by atomic mass is 9.80. The van der Waals surface area contributed by atoms with Crippen LogP contribution in [-0.4, -0.2) is 0 Å². The number of hydrogen-bond acceptors (Lipinski definition) is 1. The molecule has 230 valence electrons. The number of hydrogen-bond donors (Lipinski definition) is 0. The standard InChI is InChI=1S/C47H37N/c1-46(2)38-23-12-10-20-35(38)44-39(46)24-14-25-40(44)48(41-26-13-21-34-33-19-9-11-22-37(33)47(3,4)45(34)41)42-28-30-16-5-7-17-31(30)36-27-29-15-6-8-18-32(29)43(36)42/h5-26,28H,27H2,1-4H3. The highest BCUT2D eigenvalue weighted by Gasteiger charge is 2.42. The van der Waals surface area contributed by atoms with Crippen LogP contribution in [0.3, 0.4) is 0 Å². The molecule has 0 unspecified atom stereocenters. The maximum absolute atomic E-state index is 2.65. The van der Waals surface area contributed by atoms with Crippen LogP contribution in [0, 0.1) is 0 Å². The molecule has 0 bridgehead atoms. The van der Waals surface area contributed by atoms with Gasteiger partial charge in [-0.25, -0.2) is 0 Å². The molecule has 0 radical (unpaired) electrons. The smallest absolute Gasteiger partial charge is 0.0549 e. The van der Waals surface area contributed by atoms with Gasteiger partial charge in [0.15, 0.2) is 0 Å². The lowest BCUT2D eigenvalue weighted by Crippen LogP contribution is -2.22. The maximum Gasteiger partial charge on any atom is 0.0549 e. The Kier molecular flexibility index (Phi) is 5.53. The van der Waals surface area contributed by atoms with Crippen molar-refractivity contribution in [3.05, 3.63) is 173 Å². The van der Waals surface area contributed by atoms with Crippen LogP contribution >= 0.6 is 0 Å². The summed E-state index contributed by atoms with van der Waals surface area (Å²) >= 11 is 0. The molecule has 7 aromatic carbocycles. The summed E-state index contributed by atoms with van der Waals surface area (Å²) in [6.07, 6.45) is 0.945. The average molecular weight is 616 g/mol. The summed E-state index contributed by atoms with van der Waals surface area (Å²) in [6.45, 7) is 9.59. The van der Waals surface area contributed by atoms with Crippen molar-refractivity contribution in [1.82, 2.24) is 0 Å². The van der Waals surface area contributed by atoms with Crippen molar-refractivity contribution < 1.29 is 0 Å². The van der Waals surface area contributed by atoms with Gasteiger partial charge >= 0.3 is 0 Å². The van der Waals surface area contributed by atoms with Gasteiger partial charge in [-0.1, -0.05) is 149 Å². The van der Waals surface area contributed by atoms with Crippen molar-refractivity contribution in [3.8, 4) is 33.4 Å². The summed E-state index contributed by atoms with van der Waals surface area (Å²) in [7, 11) is 0. The van der Waals surface area contributed by atoms with E-state index in [1.807, 2.05) is 0 Å². The first-order valence-corrected chi connectivity index (χ1v) is 17.3. The fourth-order valence-electron chi connectivity index (χ4n) is 9.49. The first kappa shape index (κ1) is 27.7. The summed E-state index contributed by atoms with van der Waals surface area (Å²) in [4.78, 5) is 2.65. The third kappa shape index (κ3) is 3.51. The second-order valence-corrected chi connectivity index (χ2v) is 14.9.